The monoisotopic (exact) mass is 542 g/mol. The van der Waals surface area contributed by atoms with E-state index in [-0.39, 0.29) is 5.82 Å². The Bertz CT molecular complexity index is 1660. The summed E-state index contributed by atoms with van der Waals surface area (Å²) in [5.74, 6) is -0.554. The predicted molar refractivity (Wildman–Crippen MR) is 164 cm³/mol. The molecular weight excluding hydrogens is 515 g/mol. The van der Waals surface area contributed by atoms with E-state index in [1.165, 1.54) is 6.07 Å². The minimum Gasteiger partial charge on any atom is -0.423 e. The first-order chi connectivity index (χ1) is 19.9. The fraction of sp³-hybridized carbons (Fsp3) is 0. The third kappa shape index (κ3) is 8.47. The Morgan fingerprint density at radius 1 is 0.561 bits per heavy atom. The first kappa shape index (κ1) is 28.5. The van der Waals surface area contributed by atoms with E-state index in [0.717, 1.165) is 28.8 Å². The standard InChI is InChI=1S/C36H27FO4/c1-3-35(38)40-32-10-7-8-28(24-32)17-16-26-12-14-27(15-13-26)18-21-30-22-19-29(25-33(30)37)20-23-31-9-5-6-11-34(31)41-36(39)4-2/h3-25H,1-2H2/b17-16+,21-18+,23-20+. The molecule has 0 bridgehead atoms. The van der Waals surface area contributed by atoms with Crippen molar-refractivity contribution in [2.24, 2.45) is 0 Å². The van der Waals surface area contributed by atoms with Crippen LogP contribution in [-0.4, -0.2) is 11.9 Å². The fourth-order valence-electron chi connectivity index (χ4n) is 3.77. The van der Waals surface area contributed by atoms with Gasteiger partial charge in [-0.2, -0.15) is 0 Å². The summed E-state index contributed by atoms with van der Waals surface area (Å²) in [6.45, 7) is 6.81. The SMILES string of the molecule is C=CC(=O)Oc1cccc(/C=C/c2ccc(/C=C/c3ccc(/C=C/c4ccccc4OC(=O)C=C)cc3F)cc2)c1. The van der Waals surface area contributed by atoms with Gasteiger partial charge in [0.1, 0.15) is 17.3 Å². The van der Waals surface area contributed by atoms with Gasteiger partial charge >= 0.3 is 11.9 Å². The fourth-order valence-corrected chi connectivity index (χ4v) is 3.77. The van der Waals surface area contributed by atoms with Crippen molar-refractivity contribution in [1.82, 2.24) is 0 Å². The Morgan fingerprint density at radius 2 is 1.12 bits per heavy atom. The first-order valence-corrected chi connectivity index (χ1v) is 12.7. The van der Waals surface area contributed by atoms with Gasteiger partial charge in [0.15, 0.2) is 0 Å². The topological polar surface area (TPSA) is 52.6 Å². The van der Waals surface area contributed by atoms with Gasteiger partial charge in [-0.3, -0.25) is 0 Å². The summed E-state index contributed by atoms with van der Waals surface area (Å²) in [5.41, 5.74) is 4.62. The summed E-state index contributed by atoms with van der Waals surface area (Å²) in [7, 11) is 0. The lowest BCUT2D eigenvalue weighted by atomic mass is 10.1. The molecule has 0 aromatic heterocycles. The normalized spacial score (nSPS) is 11.1. The van der Waals surface area contributed by atoms with Crippen molar-refractivity contribution in [2.45, 2.75) is 0 Å². The van der Waals surface area contributed by atoms with Crippen LogP contribution in [0.3, 0.4) is 0 Å². The van der Waals surface area contributed by atoms with Gasteiger partial charge in [0.25, 0.3) is 0 Å². The summed E-state index contributed by atoms with van der Waals surface area (Å²) >= 11 is 0. The van der Waals surface area contributed by atoms with Gasteiger partial charge < -0.3 is 9.47 Å². The maximum absolute atomic E-state index is 14.8. The molecule has 0 fully saturated rings. The van der Waals surface area contributed by atoms with E-state index in [0.29, 0.717) is 28.2 Å². The lowest BCUT2D eigenvalue weighted by Crippen LogP contribution is -2.03. The van der Waals surface area contributed by atoms with E-state index in [9.17, 15) is 14.0 Å². The summed E-state index contributed by atoms with van der Waals surface area (Å²) < 4.78 is 25.2. The number of carbonyl (C=O) groups excluding carboxylic acids is 2. The van der Waals surface area contributed by atoms with Crippen LogP contribution in [-0.2, 0) is 9.59 Å². The second-order valence-corrected chi connectivity index (χ2v) is 8.81. The highest BCUT2D eigenvalue weighted by atomic mass is 19.1. The first-order valence-electron chi connectivity index (χ1n) is 12.7. The van der Waals surface area contributed by atoms with Crippen molar-refractivity contribution in [1.29, 1.82) is 0 Å². The smallest absolute Gasteiger partial charge is 0.335 e. The second-order valence-electron chi connectivity index (χ2n) is 8.81. The minimum absolute atomic E-state index is 0.352. The third-order valence-electron chi connectivity index (χ3n) is 5.88. The molecule has 0 saturated heterocycles. The van der Waals surface area contributed by atoms with Crippen LogP contribution >= 0.6 is 0 Å². The molecule has 0 saturated carbocycles. The third-order valence-corrected chi connectivity index (χ3v) is 5.88. The number of hydrogen-bond acceptors (Lipinski definition) is 4. The Kier molecular flexibility index (Phi) is 9.73. The summed E-state index contributed by atoms with van der Waals surface area (Å²) in [5, 5.41) is 0. The van der Waals surface area contributed by atoms with E-state index < -0.39 is 11.9 Å². The van der Waals surface area contributed by atoms with Gasteiger partial charge in [-0.25, -0.2) is 14.0 Å². The number of para-hydroxylation sites is 1. The molecule has 0 heterocycles. The van der Waals surface area contributed by atoms with Crippen molar-refractivity contribution < 1.29 is 23.5 Å². The number of esters is 2. The average Bonchev–Trinajstić information content (AvgIpc) is 2.99. The molecule has 4 aromatic rings. The Hall–Kier alpha value is -5.55. The molecule has 202 valence electrons. The molecule has 4 nitrogen and oxygen atoms in total. The van der Waals surface area contributed by atoms with Crippen molar-refractivity contribution in [3.8, 4) is 11.5 Å². The lowest BCUT2D eigenvalue weighted by Gasteiger charge is -2.05. The van der Waals surface area contributed by atoms with E-state index in [2.05, 4.69) is 13.2 Å². The molecule has 0 aliphatic carbocycles. The molecule has 0 radical (unpaired) electrons. The number of rotatable bonds is 10. The van der Waals surface area contributed by atoms with Gasteiger partial charge in [-0.15, -0.1) is 0 Å². The summed E-state index contributed by atoms with van der Waals surface area (Å²) in [4.78, 5) is 23.0. The molecule has 0 aliphatic heterocycles. The molecule has 0 N–H and O–H groups in total. The van der Waals surface area contributed by atoms with E-state index in [1.807, 2.05) is 66.8 Å². The zero-order chi connectivity index (χ0) is 29.0. The molecule has 0 atom stereocenters. The average molecular weight is 543 g/mol. The predicted octanol–water partition coefficient (Wildman–Crippen LogP) is 8.52. The second kappa shape index (κ2) is 14.0. The number of benzene rings is 4. The van der Waals surface area contributed by atoms with Crippen LogP contribution in [0.25, 0.3) is 36.5 Å². The summed E-state index contributed by atoms with van der Waals surface area (Å²) in [6.07, 6.45) is 13.2. The molecule has 0 unspecified atom stereocenters. The Labute approximate surface area is 238 Å². The van der Waals surface area contributed by atoms with E-state index >= 15 is 0 Å². The number of hydrogen-bond donors (Lipinski definition) is 0. The number of ether oxygens (including phenoxy) is 2. The molecule has 0 spiro atoms. The highest BCUT2D eigenvalue weighted by Gasteiger charge is 2.05. The quantitative estimate of drug-likeness (QED) is 0.0872. The Morgan fingerprint density at radius 3 is 1.83 bits per heavy atom. The van der Waals surface area contributed by atoms with Crippen LogP contribution in [0, 0.1) is 5.82 Å². The zero-order valence-electron chi connectivity index (χ0n) is 22.2. The van der Waals surface area contributed by atoms with Crippen molar-refractivity contribution >= 4 is 48.4 Å². The highest BCUT2D eigenvalue weighted by Crippen LogP contribution is 2.22. The van der Waals surface area contributed by atoms with E-state index in [1.54, 1.807) is 54.6 Å². The van der Waals surface area contributed by atoms with Crippen LogP contribution in [0.5, 0.6) is 11.5 Å². The minimum atomic E-state index is -0.546. The molecule has 0 aliphatic rings. The van der Waals surface area contributed by atoms with Crippen molar-refractivity contribution in [3.05, 3.63) is 156 Å². The van der Waals surface area contributed by atoms with Gasteiger partial charge in [0.05, 0.1) is 0 Å². The van der Waals surface area contributed by atoms with Gasteiger partial charge in [0, 0.05) is 23.3 Å². The van der Waals surface area contributed by atoms with Gasteiger partial charge in [-0.05, 0) is 46.5 Å². The highest BCUT2D eigenvalue weighted by molar-refractivity contribution is 5.85. The van der Waals surface area contributed by atoms with Crippen molar-refractivity contribution in [3.63, 3.8) is 0 Å². The maximum Gasteiger partial charge on any atom is 0.335 e. The van der Waals surface area contributed by atoms with Gasteiger partial charge in [0.2, 0.25) is 0 Å². The molecular formula is C36H27FO4. The van der Waals surface area contributed by atoms with Crippen LogP contribution in [0.2, 0.25) is 0 Å². The van der Waals surface area contributed by atoms with Crippen LogP contribution < -0.4 is 9.47 Å². The van der Waals surface area contributed by atoms with Crippen LogP contribution in [0.4, 0.5) is 4.39 Å². The Balaban J connectivity index is 1.39. The summed E-state index contributed by atoms with van der Waals surface area (Å²) in [6, 6.07) is 27.1. The number of halogens is 1. The largest absolute Gasteiger partial charge is 0.423 e. The van der Waals surface area contributed by atoms with Crippen LogP contribution in [0.15, 0.2) is 116 Å². The van der Waals surface area contributed by atoms with Crippen LogP contribution in [0.1, 0.15) is 33.4 Å². The number of carbonyl (C=O) groups is 2. The van der Waals surface area contributed by atoms with Gasteiger partial charge in [-0.1, -0.05) is 116 Å². The van der Waals surface area contributed by atoms with Crippen molar-refractivity contribution in [2.75, 3.05) is 0 Å². The lowest BCUT2D eigenvalue weighted by molar-refractivity contribution is -0.129. The zero-order valence-corrected chi connectivity index (χ0v) is 22.2. The molecule has 4 rings (SSSR count). The molecule has 5 heteroatoms. The molecule has 41 heavy (non-hydrogen) atoms. The van der Waals surface area contributed by atoms with E-state index in [4.69, 9.17) is 9.47 Å². The molecule has 4 aromatic carbocycles. The maximum atomic E-state index is 14.8. The molecule has 0 amide bonds.